The number of hydrogen-bond donors (Lipinski definition) is 1. The second-order valence-corrected chi connectivity index (χ2v) is 4.74. The van der Waals surface area contributed by atoms with Crippen molar-refractivity contribution in [1.82, 2.24) is 0 Å². The van der Waals surface area contributed by atoms with E-state index >= 15 is 0 Å². The first kappa shape index (κ1) is 15.3. The first-order valence-corrected chi connectivity index (χ1v) is 7.01. The van der Waals surface area contributed by atoms with E-state index in [1.165, 1.54) is 6.07 Å². The van der Waals surface area contributed by atoms with Crippen LogP contribution in [0.4, 0.5) is 4.39 Å². The van der Waals surface area contributed by atoms with E-state index in [4.69, 9.17) is 15.2 Å². The molecule has 0 amide bonds. The Bertz CT molecular complexity index is 614. The van der Waals surface area contributed by atoms with Crippen molar-refractivity contribution in [2.24, 2.45) is 5.73 Å². The summed E-state index contributed by atoms with van der Waals surface area (Å²) in [6, 6.07) is 10.5. The Hall–Kier alpha value is -2.07. The van der Waals surface area contributed by atoms with Crippen LogP contribution < -0.4 is 15.2 Å². The number of ether oxygens (including phenoxy) is 2. The summed E-state index contributed by atoms with van der Waals surface area (Å²) in [4.78, 5) is 0. The normalized spacial score (nSPS) is 10.5. The fourth-order valence-electron chi connectivity index (χ4n) is 2.08. The van der Waals surface area contributed by atoms with Gasteiger partial charge in [0.2, 0.25) is 0 Å². The Morgan fingerprint density at radius 3 is 2.33 bits per heavy atom. The van der Waals surface area contributed by atoms with E-state index in [9.17, 15) is 4.39 Å². The van der Waals surface area contributed by atoms with Gasteiger partial charge in [0.25, 0.3) is 0 Å². The predicted octanol–water partition coefficient (Wildman–Crippen LogP) is 3.69. The van der Waals surface area contributed by atoms with Gasteiger partial charge in [-0.05, 0) is 54.8 Å². The minimum atomic E-state index is -0.400. The van der Waals surface area contributed by atoms with Crippen molar-refractivity contribution in [2.75, 3.05) is 13.7 Å². The van der Waals surface area contributed by atoms with Gasteiger partial charge in [-0.1, -0.05) is 19.1 Å². The summed E-state index contributed by atoms with van der Waals surface area (Å²) in [7, 11) is 1.57. The molecule has 2 aromatic carbocycles. The minimum absolute atomic E-state index is 0.179. The number of benzene rings is 2. The molecule has 0 saturated heterocycles. The summed E-state index contributed by atoms with van der Waals surface area (Å²) in [5, 5.41) is 0. The van der Waals surface area contributed by atoms with Crippen LogP contribution in [0, 0.1) is 5.82 Å². The number of rotatable bonds is 6. The van der Waals surface area contributed by atoms with Crippen molar-refractivity contribution >= 4 is 0 Å². The van der Waals surface area contributed by atoms with Crippen molar-refractivity contribution in [1.29, 1.82) is 0 Å². The monoisotopic (exact) mass is 289 g/mol. The van der Waals surface area contributed by atoms with E-state index < -0.39 is 5.82 Å². The van der Waals surface area contributed by atoms with Crippen molar-refractivity contribution < 1.29 is 13.9 Å². The highest BCUT2D eigenvalue weighted by Crippen LogP contribution is 2.33. The van der Waals surface area contributed by atoms with Gasteiger partial charge in [-0.2, -0.15) is 0 Å². The van der Waals surface area contributed by atoms with E-state index in [1.807, 2.05) is 18.2 Å². The highest BCUT2D eigenvalue weighted by atomic mass is 19.1. The van der Waals surface area contributed by atoms with Crippen molar-refractivity contribution in [3.63, 3.8) is 0 Å². The maximum Gasteiger partial charge on any atom is 0.169 e. The molecule has 2 rings (SSSR count). The van der Waals surface area contributed by atoms with Gasteiger partial charge in [-0.25, -0.2) is 4.39 Å². The second kappa shape index (κ2) is 7.09. The average molecular weight is 289 g/mol. The van der Waals surface area contributed by atoms with Crippen LogP contribution in [0.3, 0.4) is 0 Å². The van der Waals surface area contributed by atoms with Crippen LogP contribution in [0.25, 0.3) is 0 Å². The summed E-state index contributed by atoms with van der Waals surface area (Å²) in [5.74, 6) is 0.876. The van der Waals surface area contributed by atoms with Crippen LogP contribution in [-0.4, -0.2) is 13.7 Å². The van der Waals surface area contributed by atoms with Gasteiger partial charge in [0.15, 0.2) is 23.1 Å². The summed E-state index contributed by atoms with van der Waals surface area (Å²) in [5.41, 5.74) is 7.46. The van der Waals surface area contributed by atoms with Crippen LogP contribution in [0.15, 0.2) is 36.4 Å². The van der Waals surface area contributed by atoms with Gasteiger partial charge in [-0.3, -0.25) is 0 Å². The second-order valence-electron chi connectivity index (χ2n) is 4.74. The maximum atomic E-state index is 14.0. The molecule has 2 aromatic rings. The molecule has 0 fully saturated rings. The Morgan fingerprint density at radius 2 is 1.71 bits per heavy atom. The Morgan fingerprint density at radius 1 is 1.00 bits per heavy atom. The lowest BCUT2D eigenvalue weighted by Crippen LogP contribution is -2.03. The van der Waals surface area contributed by atoms with E-state index in [0.717, 1.165) is 17.5 Å². The molecule has 0 aliphatic heterocycles. The quantitative estimate of drug-likeness (QED) is 0.882. The Kier molecular flexibility index (Phi) is 5.17. The topological polar surface area (TPSA) is 44.5 Å². The molecule has 4 heteroatoms. The zero-order valence-corrected chi connectivity index (χ0v) is 12.4. The van der Waals surface area contributed by atoms with Gasteiger partial charge in [0.1, 0.15) is 0 Å². The van der Waals surface area contributed by atoms with Crippen molar-refractivity contribution in [3.8, 4) is 17.2 Å². The molecule has 0 aromatic heterocycles. The number of nitrogens with two attached hydrogens (primary N) is 1. The molecule has 0 aliphatic rings. The Balaban J connectivity index is 2.25. The SMILES string of the molecule is CCc1ccc(Oc2ccc(CCN)cc2F)c(OC)c1. The maximum absolute atomic E-state index is 14.0. The molecule has 0 radical (unpaired) electrons. The van der Waals surface area contributed by atoms with E-state index in [0.29, 0.717) is 24.5 Å². The van der Waals surface area contributed by atoms with Gasteiger partial charge >= 0.3 is 0 Å². The van der Waals surface area contributed by atoms with Crippen LogP contribution in [-0.2, 0) is 12.8 Å². The molecule has 112 valence electrons. The summed E-state index contributed by atoms with van der Waals surface area (Å²) in [6.07, 6.45) is 1.55. The van der Waals surface area contributed by atoms with Gasteiger partial charge < -0.3 is 15.2 Å². The molecule has 0 spiro atoms. The third-order valence-corrected chi connectivity index (χ3v) is 3.29. The predicted molar refractivity (Wildman–Crippen MR) is 81.6 cm³/mol. The van der Waals surface area contributed by atoms with Crippen molar-refractivity contribution in [2.45, 2.75) is 19.8 Å². The minimum Gasteiger partial charge on any atom is -0.493 e. The molecule has 3 nitrogen and oxygen atoms in total. The lowest BCUT2D eigenvalue weighted by atomic mass is 10.1. The van der Waals surface area contributed by atoms with Gasteiger partial charge in [-0.15, -0.1) is 0 Å². The standard InChI is InChI=1S/C17H20FNO2/c1-3-12-4-7-16(17(11-12)20-2)21-15-6-5-13(8-9-19)10-14(15)18/h4-7,10-11H,3,8-9,19H2,1-2H3. The fraction of sp³-hybridized carbons (Fsp3) is 0.294. The molecule has 0 atom stereocenters. The van der Waals surface area contributed by atoms with E-state index in [2.05, 4.69) is 6.92 Å². The number of methoxy groups -OCH3 is 1. The molecule has 0 unspecified atom stereocenters. The molecule has 2 N–H and O–H groups in total. The molecule has 0 bridgehead atoms. The van der Waals surface area contributed by atoms with Crippen LogP contribution in [0.2, 0.25) is 0 Å². The molecule has 0 aliphatic carbocycles. The summed E-state index contributed by atoms with van der Waals surface area (Å²) >= 11 is 0. The number of aryl methyl sites for hydroxylation is 1. The largest absolute Gasteiger partial charge is 0.493 e. The van der Waals surface area contributed by atoms with Crippen LogP contribution >= 0.6 is 0 Å². The highest BCUT2D eigenvalue weighted by molar-refractivity contribution is 5.46. The third-order valence-electron chi connectivity index (χ3n) is 3.29. The first-order valence-electron chi connectivity index (χ1n) is 7.01. The molecule has 21 heavy (non-hydrogen) atoms. The van der Waals surface area contributed by atoms with E-state index in [-0.39, 0.29) is 5.75 Å². The lowest BCUT2D eigenvalue weighted by Gasteiger charge is -2.12. The van der Waals surface area contributed by atoms with Crippen molar-refractivity contribution in [3.05, 3.63) is 53.3 Å². The van der Waals surface area contributed by atoms with Gasteiger partial charge in [0, 0.05) is 0 Å². The summed E-state index contributed by atoms with van der Waals surface area (Å²) in [6.45, 7) is 2.55. The van der Waals surface area contributed by atoms with Crippen LogP contribution in [0.1, 0.15) is 18.1 Å². The smallest absolute Gasteiger partial charge is 0.169 e. The zero-order valence-electron chi connectivity index (χ0n) is 12.4. The Labute approximate surface area is 124 Å². The molecule has 0 saturated carbocycles. The number of hydrogen-bond acceptors (Lipinski definition) is 3. The third kappa shape index (κ3) is 3.73. The lowest BCUT2D eigenvalue weighted by molar-refractivity contribution is 0.370. The zero-order chi connectivity index (χ0) is 15.2. The highest BCUT2D eigenvalue weighted by Gasteiger charge is 2.10. The first-order chi connectivity index (χ1) is 10.2. The molecule has 0 heterocycles. The number of halogens is 1. The van der Waals surface area contributed by atoms with Crippen LogP contribution in [0.5, 0.6) is 17.2 Å². The van der Waals surface area contributed by atoms with Gasteiger partial charge in [0.05, 0.1) is 7.11 Å². The molecular weight excluding hydrogens is 269 g/mol. The molecular formula is C17H20FNO2. The average Bonchev–Trinajstić information content (AvgIpc) is 2.50. The van der Waals surface area contributed by atoms with E-state index in [1.54, 1.807) is 19.2 Å². The fourth-order valence-corrected chi connectivity index (χ4v) is 2.08. The summed E-state index contributed by atoms with van der Waals surface area (Å²) < 4.78 is 25.0.